The summed E-state index contributed by atoms with van der Waals surface area (Å²) in [7, 11) is 4.05. The van der Waals surface area contributed by atoms with E-state index in [0.717, 1.165) is 36.4 Å². The van der Waals surface area contributed by atoms with E-state index in [1.165, 1.54) is 11.1 Å². The number of phenolic OH excluding ortho intramolecular Hbond substituents is 1. The minimum Gasteiger partial charge on any atom is -0.508 e. The van der Waals surface area contributed by atoms with Gasteiger partial charge < -0.3 is 14.7 Å². The van der Waals surface area contributed by atoms with Gasteiger partial charge in [0.25, 0.3) is 0 Å². The van der Waals surface area contributed by atoms with Crippen molar-refractivity contribution in [1.29, 1.82) is 0 Å². The second-order valence-electron chi connectivity index (χ2n) is 7.28. The molecule has 0 radical (unpaired) electrons. The molecular weight excluding hydrogens is 360 g/mol. The van der Waals surface area contributed by atoms with Gasteiger partial charge in [0.15, 0.2) is 0 Å². The average molecular weight is 389 g/mol. The van der Waals surface area contributed by atoms with Crippen LogP contribution < -0.4 is 4.74 Å². The SMILES string of the molecule is CN(C)CCOc1ccc(CC=C(Cc2ccc(O)cc2)c2ccccc2)nc1. The summed E-state index contributed by atoms with van der Waals surface area (Å²) in [6.45, 7) is 1.53. The van der Waals surface area contributed by atoms with Crippen molar-refractivity contribution in [3.8, 4) is 11.5 Å². The maximum atomic E-state index is 9.53. The van der Waals surface area contributed by atoms with Crippen LogP contribution in [0.5, 0.6) is 11.5 Å². The van der Waals surface area contributed by atoms with Crippen LogP contribution in [0.15, 0.2) is 79.0 Å². The van der Waals surface area contributed by atoms with Crippen molar-refractivity contribution < 1.29 is 9.84 Å². The Hall–Kier alpha value is -3.11. The van der Waals surface area contributed by atoms with E-state index in [1.54, 1.807) is 18.3 Å². The molecular formula is C25H28N2O2. The zero-order valence-corrected chi connectivity index (χ0v) is 17.1. The number of pyridine rings is 1. The van der Waals surface area contributed by atoms with Crippen LogP contribution in [0.3, 0.4) is 0 Å². The Balaban J connectivity index is 1.70. The molecule has 4 nitrogen and oxygen atoms in total. The van der Waals surface area contributed by atoms with Gasteiger partial charge in [-0.1, -0.05) is 48.5 Å². The third kappa shape index (κ3) is 6.77. The molecule has 0 unspecified atom stereocenters. The molecule has 3 rings (SSSR count). The Morgan fingerprint density at radius 1 is 1.00 bits per heavy atom. The first-order valence-electron chi connectivity index (χ1n) is 9.85. The summed E-state index contributed by atoms with van der Waals surface area (Å²) in [5.74, 6) is 1.09. The van der Waals surface area contributed by atoms with Crippen LogP contribution in [0.25, 0.3) is 5.57 Å². The first kappa shape index (κ1) is 20.6. The van der Waals surface area contributed by atoms with Crippen LogP contribution >= 0.6 is 0 Å². The highest BCUT2D eigenvalue weighted by Crippen LogP contribution is 2.22. The fourth-order valence-corrected chi connectivity index (χ4v) is 2.97. The number of benzene rings is 2. The highest BCUT2D eigenvalue weighted by molar-refractivity contribution is 5.68. The quantitative estimate of drug-likeness (QED) is 0.582. The Morgan fingerprint density at radius 2 is 1.76 bits per heavy atom. The number of rotatable bonds is 9. The number of aromatic hydroxyl groups is 1. The van der Waals surface area contributed by atoms with E-state index in [9.17, 15) is 5.11 Å². The van der Waals surface area contributed by atoms with Crippen LogP contribution in [-0.4, -0.2) is 42.2 Å². The van der Waals surface area contributed by atoms with Crippen molar-refractivity contribution in [3.05, 3.63) is 95.8 Å². The van der Waals surface area contributed by atoms with Gasteiger partial charge in [0.2, 0.25) is 0 Å². The molecule has 0 aliphatic rings. The van der Waals surface area contributed by atoms with Crippen LogP contribution in [0, 0.1) is 0 Å². The fourth-order valence-electron chi connectivity index (χ4n) is 2.97. The topological polar surface area (TPSA) is 45.6 Å². The molecule has 29 heavy (non-hydrogen) atoms. The maximum Gasteiger partial charge on any atom is 0.137 e. The molecule has 0 spiro atoms. The van der Waals surface area contributed by atoms with Crippen LogP contribution in [0.1, 0.15) is 16.8 Å². The van der Waals surface area contributed by atoms with Crippen molar-refractivity contribution in [1.82, 2.24) is 9.88 Å². The highest BCUT2D eigenvalue weighted by atomic mass is 16.5. The molecule has 0 aliphatic carbocycles. The fraction of sp³-hybridized carbons (Fsp3) is 0.240. The largest absolute Gasteiger partial charge is 0.508 e. The molecule has 0 saturated heterocycles. The molecule has 0 atom stereocenters. The minimum atomic E-state index is 0.288. The zero-order chi connectivity index (χ0) is 20.5. The van der Waals surface area contributed by atoms with Gasteiger partial charge in [0, 0.05) is 18.7 Å². The van der Waals surface area contributed by atoms with E-state index in [1.807, 2.05) is 44.4 Å². The Bertz CT molecular complexity index is 902. The van der Waals surface area contributed by atoms with Gasteiger partial charge in [-0.05, 0) is 61.5 Å². The molecule has 0 aliphatic heterocycles. The minimum absolute atomic E-state index is 0.288. The second kappa shape index (κ2) is 10.4. The van der Waals surface area contributed by atoms with Crippen LogP contribution in [-0.2, 0) is 12.8 Å². The molecule has 0 bridgehead atoms. The predicted octanol–water partition coefficient (Wildman–Crippen LogP) is 4.60. The molecule has 150 valence electrons. The lowest BCUT2D eigenvalue weighted by Crippen LogP contribution is -2.19. The molecule has 4 heteroatoms. The number of hydrogen-bond donors (Lipinski definition) is 1. The van der Waals surface area contributed by atoms with Crippen molar-refractivity contribution in [3.63, 3.8) is 0 Å². The van der Waals surface area contributed by atoms with E-state index in [2.05, 4.69) is 40.2 Å². The van der Waals surface area contributed by atoms with E-state index >= 15 is 0 Å². The number of nitrogens with zero attached hydrogens (tertiary/aromatic N) is 2. The van der Waals surface area contributed by atoms with Gasteiger partial charge in [-0.15, -0.1) is 0 Å². The molecule has 1 heterocycles. The lowest BCUT2D eigenvalue weighted by Gasteiger charge is -2.11. The van der Waals surface area contributed by atoms with Crippen LogP contribution in [0.4, 0.5) is 0 Å². The first-order chi connectivity index (χ1) is 14.1. The van der Waals surface area contributed by atoms with Gasteiger partial charge >= 0.3 is 0 Å². The highest BCUT2D eigenvalue weighted by Gasteiger charge is 2.05. The number of ether oxygens (including phenoxy) is 1. The summed E-state index contributed by atoms with van der Waals surface area (Å²) < 4.78 is 5.72. The lowest BCUT2D eigenvalue weighted by atomic mass is 9.96. The average Bonchev–Trinajstić information content (AvgIpc) is 2.74. The first-order valence-corrected chi connectivity index (χ1v) is 9.85. The molecule has 0 fully saturated rings. The second-order valence-corrected chi connectivity index (χ2v) is 7.28. The molecule has 1 aromatic heterocycles. The summed E-state index contributed by atoms with van der Waals surface area (Å²) in [6.07, 6.45) is 5.58. The van der Waals surface area contributed by atoms with Gasteiger partial charge in [-0.3, -0.25) is 4.98 Å². The van der Waals surface area contributed by atoms with E-state index in [4.69, 9.17) is 4.74 Å². The summed E-state index contributed by atoms with van der Waals surface area (Å²) >= 11 is 0. The normalized spacial score (nSPS) is 11.6. The molecule has 1 N–H and O–H groups in total. The summed E-state index contributed by atoms with van der Waals surface area (Å²) in [5.41, 5.74) is 4.60. The van der Waals surface area contributed by atoms with Crippen LogP contribution in [0.2, 0.25) is 0 Å². The summed E-state index contributed by atoms with van der Waals surface area (Å²) in [5, 5.41) is 9.53. The summed E-state index contributed by atoms with van der Waals surface area (Å²) in [4.78, 5) is 6.63. The van der Waals surface area contributed by atoms with E-state index < -0.39 is 0 Å². The smallest absolute Gasteiger partial charge is 0.137 e. The lowest BCUT2D eigenvalue weighted by molar-refractivity contribution is 0.260. The Morgan fingerprint density at radius 3 is 2.41 bits per heavy atom. The van der Waals surface area contributed by atoms with Crippen molar-refractivity contribution in [2.45, 2.75) is 12.8 Å². The number of phenols is 1. The summed E-state index contributed by atoms with van der Waals surface area (Å²) in [6, 6.07) is 21.8. The predicted molar refractivity (Wildman–Crippen MR) is 118 cm³/mol. The van der Waals surface area contributed by atoms with Gasteiger partial charge in [0.1, 0.15) is 18.1 Å². The standard InChI is InChI=1S/C25H28N2O2/c1-27(2)16-17-29-25-15-12-23(26-19-25)11-10-22(21-6-4-3-5-7-21)18-20-8-13-24(28)14-9-20/h3-10,12-15,19,28H,11,16-18H2,1-2H3. The van der Waals surface area contributed by atoms with E-state index in [-0.39, 0.29) is 5.75 Å². The molecule has 3 aromatic rings. The van der Waals surface area contributed by atoms with Crippen molar-refractivity contribution >= 4 is 5.57 Å². The number of allylic oxidation sites excluding steroid dienone is 2. The Kier molecular flexibility index (Phi) is 7.42. The maximum absolute atomic E-state index is 9.53. The van der Waals surface area contributed by atoms with Gasteiger partial charge in [-0.2, -0.15) is 0 Å². The molecule has 2 aromatic carbocycles. The Labute approximate surface area is 173 Å². The third-order valence-corrected chi connectivity index (χ3v) is 4.64. The molecule has 0 amide bonds. The number of hydrogen-bond acceptors (Lipinski definition) is 4. The van der Waals surface area contributed by atoms with Crippen molar-refractivity contribution in [2.75, 3.05) is 27.2 Å². The monoisotopic (exact) mass is 388 g/mol. The zero-order valence-electron chi connectivity index (χ0n) is 17.1. The van der Waals surface area contributed by atoms with E-state index in [0.29, 0.717) is 6.61 Å². The molecule has 0 saturated carbocycles. The third-order valence-electron chi connectivity index (χ3n) is 4.64. The van der Waals surface area contributed by atoms with Gasteiger partial charge in [0.05, 0.1) is 6.20 Å². The number of likely N-dealkylation sites (N-methyl/N-ethyl adjacent to an activating group) is 1. The number of aromatic nitrogens is 1. The van der Waals surface area contributed by atoms with Gasteiger partial charge in [-0.25, -0.2) is 0 Å². The van der Waals surface area contributed by atoms with Crippen molar-refractivity contribution in [2.24, 2.45) is 0 Å².